The highest BCUT2D eigenvalue weighted by Crippen LogP contribution is 2.34. The van der Waals surface area contributed by atoms with Gasteiger partial charge in [-0.2, -0.15) is 0 Å². The molecule has 2 heterocycles. The second-order valence-electron chi connectivity index (χ2n) is 6.68. The number of anilines is 1. The number of nitrogens with zero attached hydrogens (tertiary/aromatic N) is 2. The summed E-state index contributed by atoms with van der Waals surface area (Å²) in [6.07, 6.45) is 0.877. The monoisotopic (exact) mass is 391 g/mol. The minimum Gasteiger partial charge on any atom is -0.454 e. The van der Waals surface area contributed by atoms with E-state index >= 15 is 0 Å². The normalized spacial score (nSPS) is 15.9. The van der Waals surface area contributed by atoms with Gasteiger partial charge in [-0.05, 0) is 31.9 Å². The lowest BCUT2D eigenvalue weighted by Crippen LogP contribution is -2.50. The molecule has 0 aromatic heterocycles. The molecule has 1 N–H and O–H groups in total. The zero-order valence-electron chi connectivity index (χ0n) is 16.1. The van der Waals surface area contributed by atoms with E-state index in [-0.39, 0.29) is 37.3 Å². The number of carbonyl (C=O) groups excluding carboxylic acids is 3. The third-order valence-corrected chi connectivity index (χ3v) is 4.81. The summed E-state index contributed by atoms with van der Waals surface area (Å²) in [5.41, 5.74) is 0.579. The largest absolute Gasteiger partial charge is 0.454 e. The molecule has 3 rings (SSSR count). The van der Waals surface area contributed by atoms with E-state index in [0.717, 1.165) is 0 Å². The maximum Gasteiger partial charge on any atom is 0.409 e. The Balaban J connectivity index is 1.55. The lowest BCUT2D eigenvalue weighted by molar-refractivity contribution is -0.136. The third-order valence-electron chi connectivity index (χ3n) is 4.81. The first-order valence-corrected chi connectivity index (χ1v) is 9.36. The molecule has 1 saturated heterocycles. The minimum atomic E-state index is -0.337. The van der Waals surface area contributed by atoms with Crippen molar-refractivity contribution in [3.8, 4) is 11.5 Å². The van der Waals surface area contributed by atoms with Crippen LogP contribution in [0.4, 0.5) is 10.5 Å². The van der Waals surface area contributed by atoms with Crippen LogP contribution in [-0.4, -0.2) is 66.8 Å². The number of carbonyl (C=O) groups is 3. The van der Waals surface area contributed by atoms with Crippen LogP contribution in [0.1, 0.15) is 26.7 Å². The summed E-state index contributed by atoms with van der Waals surface area (Å²) in [7, 11) is 0. The number of ether oxygens (including phenoxy) is 3. The van der Waals surface area contributed by atoms with Crippen LogP contribution in [0, 0.1) is 0 Å². The molecule has 1 fully saturated rings. The molecule has 9 heteroatoms. The van der Waals surface area contributed by atoms with Crippen molar-refractivity contribution < 1.29 is 28.6 Å². The van der Waals surface area contributed by atoms with Gasteiger partial charge in [0.15, 0.2) is 11.5 Å². The van der Waals surface area contributed by atoms with E-state index in [1.165, 1.54) is 6.92 Å². The average molecular weight is 391 g/mol. The molecule has 0 unspecified atom stereocenters. The van der Waals surface area contributed by atoms with Crippen molar-refractivity contribution in [2.75, 3.05) is 38.4 Å². The van der Waals surface area contributed by atoms with Gasteiger partial charge in [0.05, 0.1) is 6.61 Å². The lowest BCUT2D eigenvalue weighted by Gasteiger charge is -2.37. The molecule has 9 nitrogen and oxygen atoms in total. The Morgan fingerprint density at radius 3 is 2.61 bits per heavy atom. The first-order valence-electron chi connectivity index (χ1n) is 9.36. The predicted molar refractivity (Wildman–Crippen MR) is 100 cm³/mol. The SMILES string of the molecule is CCOC(=O)N1CCC(N(CC(=O)Nc2ccc3c(c2)OCO3)C(C)=O)CC1. The summed E-state index contributed by atoms with van der Waals surface area (Å²) in [6, 6.07) is 5.05. The molecule has 0 aliphatic carbocycles. The Hall–Kier alpha value is -2.97. The summed E-state index contributed by atoms with van der Waals surface area (Å²) in [5.74, 6) is 0.751. The lowest BCUT2D eigenvalue weighted by atomic mass is 10.0. The molecule has 2 aliphatic rings. The third kappa shape index (κ3) is 4.65. The van der Waals surface area contributed by atoms with Gasteiger partial charge in [-0.1, -0.05) is 0 Å². The fraction of sp³-hybridized carbons (Fsp3) is 0.526. The summed E-state index contributed by atoms with van der Waals surface area (Å²) < 4.78 is 15.6. The van der Waals surface area contributed by atoms with Gasteiger partial charge < -0.3 is 29.3 Å². The maximum absolute atomic E-state index is 12.5. The fourth-order valence-electron chi connectivity index (χ4n) is 3.40. The number of rotatable bonds is 5. The average Bonchev–Trinajstić information content (AvgIpc) is 3.14. The first kappa shape index (κ1) is 19.8. The van der Waals surface area contributed by atoms with Crippen LogP contribution in [0.5, 0.6) is 11.5 Å². The molecule has 1 aromatic rings. The zero-order valence-corrected chi connectivity index (χ0v) is 16.1. The van der Waals surface area contributed by atoms with Crippen molar-refractivity contribution in [2.24, 2.45) is 0 Å². The zero-order chi connectivity index (χ0) is 20.1. The highest BCUT2D eigenvalue weighted by molar-refractivity contribution is 5.94. The van der Waals surface area contributed by atoms with Gasteiger partial charge >= 0.3 is 6.09 Å². The van der Waals surface area contributed by atoms with Crippen LogP contribution in [0.2, 0.25) is 0 Å². The van der Waals surface area contributed by atoms with E-state index in [0.29, 0.717) is 49.7 Å². The van der Waals surface area contributed by atoms with E-state index < -0.39 is 0 Å². The number of fused-ring (bicyclic) bond motifs is 1. The van der Waals surface area contributed by atoms with E-state index in [9.17, 15) is 14.4 Å². The quantitative estimate of drug-likeness (QED) is 0.822. The van der Waals surface area contributed by atoms with Gasteiger partial charge in [-0.3, -0.25) is 9.59 Å². The fourth-order valence-corrected chi connectivity index (χ4v) is 3.40. The molecule has 0 saturated carbocycles. The van der Waals surface area contributed by atoms with Gasteiger partial charge in [0.1, 0.15) is 6.54 Å². The van der Waals surface area contributed by atoms with E-state index in [1.807, 2.05) is 0 Å². The van der Waals surface area contributed by atoms with Gasteiger partial charge in [-0.25, -0.2) is 4.79 Å². The number of amides is 3. The summed E-state index contributed by atoms with van der Waals surface area (Å²) >= 11 is 0. The first-order chi connectivity index (χ1) is 13.5. The summed E-state index contributed by atoms with van der Waals surface area (Å²) in [4.78, 5) is 39.6. The molecule has 0 spiro atoms. The number of likely N-dealkylation sites (tertiary alicyclic amines) is 1. The van der Waals surface area contributed by atoms with Gasteiger partial charge in [0.25, 0.3) is 0 Å². The van der Waals surface area contributed by atoms with Crippen LogP contribution < -0.4 is 14.8 Å². The summed E-state index contributed by atoms with van der Waals surface area (Å²) in [6.45, 7) is 4.65. The van der Waals surface area contributed by atoms with Crippen molar-refractivity contribution in [3.63, 3.8) is 0 Å². The van der Waals surface area contributed by atoms with Gasteiger partial charge in [0, 0.05) is 37.8 Å². The van der Waals surface area contributed by atoms with Crippen molar-refractivity contribution >= 4 is 23.6 Å². The molecular formula is C19H25N3O6. The van der Waals surface area contributed by atoms with Crippen LogP contribution in [0.3, 0.4) is 0 Å². The van der Waals surface area contributed by atoms with Crippen molar-refractivity contribution in [1.29, 1.82) is 0 Å². The highest BCUT2D eigenvalue weighted by atomic mass is 16.7. The van der Waals surface area contributed by atoms with Crippen molar-refractivity contribution in [2.45, 2.75) is 32.7 Å². The standard InChI is InChI=1S/C19H25N3O6/c1-3-26-19(25)21-8-6-15(7-9-21)22(13(2)23)11-18(24)20-14-4-5-16-17(10-14)28-12-27-16/h4-5,10,15H,3,6-9,11-12H2,1-2H3,(H,20,24). The summed E-state index contributed by atoms with van der Waals surface area (Å²) in [5, 5.41) is 2.79. The van der Waals surface area contributed by atoms with Gasteiger partial charge in [0.2, 0.25) is 18.6 Å². The smallest absolute Gasteiger partial charge is 0.409 e. The number of hydrogen-bond acceptors (Lipinski definition) is 6. The van der Waals surface area contributed by atoms with Crippen LogP contribution in [-0.2, 0) is 14.3 Å². The highest BCUT2D eigenvalue weighted by Gasteiger charge is 2.30. The number of benzene rings is 1. The molecule has 0 radical (unpaired) electrons. The van der Waals surface area contributed by atoms with Crippen molar-refractivity contribution in [1.82, 2.24) is 9.80 Å². The molecule has 0 atom stereocenters. The second kappa shape index (κ2) is 8.81. The van der Waals surface area contributed by atoms with E-state index in [4.69, 9.17) is 14.2 Å². The second-order valence-corrected chi connectivity index (χ2v) is 6.68. The molecule has 152 valence electrons. The van der Waals surface area contributed by atoms with Crippen LogP contribution >= 0.6 is 0 Å². The molecule has 28 heavy (non-hydrogen) atoms. The minimum absolute atomic E-state index is 0.0478. The molecule has 2 aliphatic heterocycles. The topological polar surface area (TPSA) is 97.4 Å². The Bertz CT molecular complexity index is 745. The Kier molecular flexibility index (Phi) is 6.23. The number of hydrogen-bond donors (Lipinski definition) is 1. The number of piperidine rings is 1. The molecule has 3 amide bonds. The Labute approximate surface area is 163 Å². The van der Waals surface area contributed by atoms with Crippen LogP contribution in [0.15, 0.2) is 18.2 Å². The molecule has 1 aromatic carbocycles. The van der Waals surface area contributed by atoms with Gasteiger partial charge in [-0.15, -0.1) is 0 Å². The molecule has 0 bridgehead atoms. The Morgan fingerprint density at radius 1 is 1.21 bits per heavy atom. The van der Waals surface area contributed by atoms with Crippen molar-refractivity contribution in [3.05, 3.63) is 18.2 Å². The Morgan fingerprint density at radius 2 is 1.93 bits per heavy atom. The van der Waals surface area contributed by atoms with E-state index in [2.05, 4.69) is 5.32 Å². The van der Waals surface area contributed by atoms with Crippen LogP contribution in [0.25, 0.3) is 0 Å². The maximum atomic E-state index is 12.5. The predicted octanol–water partition coefficient (Wildman–Crippen LogP) is 1.82. The van der Waals surface area contributed by atoms with E-state index in [1.54, 1.807) is 34.9 Å². The molecular weight excluding hydrogens is 366 g/mol. The number of nitrogens with one attached hydrogen (secondary N) is 1.